The van der Waals surface area contributed by atoms with Crippen LogP contribution in [0.15, 0.2) is 18.2 Å². The minimum atomic E-state index is -0.466. The molecule has 1 atom stereocenters. The summed E-state index contributed by atoms with van der Waals surface area (Å²) in [6.07, 6.45) is 0.713. The number of methoxy groups -OCH3 is 1. The van der Waals surface area contributed by atoms with Crippen molar-refractivity contribution in [1.29, 1.82) is 0 Å². The molecular weight excluding hydrogens is 338 g/mol. The van der Waals surface area contributed by atoms with Crippen molar-refractivity contribution in [2.75, 3.05) is 53.6 Å². The van der Waals surface area contributed by atoms with Crippen LogP contribution in [0, 0.1) is 0 Å². The lowest BCUT2D eigenvalue weighted by Gasteiger charge is -2.38. The van der Waals surface area contributed by atoms with Crippen LogP contribution in [0.5, 0.6) is 11.5 Å². The number of nitrogens with zero attached hydrogens (tertiary/aromatic N) is 2. The van der Waals surface area contributed by atoms with E-state index in [9.17, 15) is 9.59 Å². The molecule has 0 radical (unpaired) electrons. The summed E-state index contributed by atoms with van der Waals surface area (Å²) in [7, 11) is 3.30. The Morgan fingerprint density at radius 2 is 2.15 bits per heavy atom. The molecule has 26 heavy (non-hydrogen) atoms. The number of likely N-dealkylation sites (tertiary alicyclic amines) is 1. The van der Waals surface area contributed by atoms with Crippen molar-refractivity contribution in [1.82, 2.24) is 9.80 Å². The Hall–Kier alpha value is -2.32. The van der Waals surface area contributed by atoms with Gasteiger partial charge in [-0.15, -0.1) is 0 Å². The maximum atomic E-state index is 12.9. The highest BCUT2D eigenvalue weighted by Crippen LogP contribution is 2.32. The zero-order valence-electron chi connectivity index (χ0n) is 15.2. The highest BCUT2D eigenvalue weighted by Gasteiger charge is 2.45. The van der Waals surface area contributed by atoms with Gasteiger partial charge >= 0.3 is 0 Å². The van der Waals surface area contributed by atoms with Gasteiger partial charge in [0.2, 0.25) is 5.91 Å². The van der Waals surface area contributed by atoms with Crippen LogP contribution in [-0.4, -0.2) is 80.8 Å². The summed E-state index contributed by atoms with van der Waals surface area (Å²) in [5.74, 6) is 0.938. The number of hydrogen-bond acceptors (Lipinski definition) is 6. The molecule has 0 saturated carbocycles. The minimum Gasteiger partial charge on any atom is -0.493 e. The Balaban J connectivity index is 1.71. The van der Waals surface area contributed by atoms with Gasteiger partial charge in [0.05, 0.1) is 20.2 Å². The number of benzene rings is 1. The molecule has 1 aromatic rings. The molecule has 0 bridgehead atoms. The summed E-state index contributed by atoms with van der Waals surface area (Å²) in [5, 5.41) is 0. The van der Waals surface area contributed by atoms with Gasteiger partial charge in [-0.2, -0.15) is 0 Å². The Labute approximate surface area is 152 Å². The molecule has 2 aliphatic heterocycles. The number of carbonyl (C=O) groups is 2. The summed E-state index contributed by atoms with van der Waals surface area (Å²) in [4.78, 5) is 28.0. The molecule has 1 spiro atoms. The van der Waals surface area contributed by atoms with Gasteiger partial charge in [0.25, 0.3) is 5.91 Å². The zero-order valence-corrected chi connectivity index (χ0v) is 15.2. The number of likely N-dealkylation sites (N-methyl/N-ethyl adjacent to an activating group) is 1. The number of carbonyl (C=O) groups excluding carboxylic acids is 2. The number of morpholine rings is 1. The summed E-state index contributed by atoms with van der Waals surface area (Å²) in [6, 6.07) is 5.12. The summed E-state index contributed by atoms with van der Waals surface area (Å²) in [5.41, 5.74) is 5.51. The Morgan fingerprint density at radius 1 is 1.35 bits per heavy atom. The third-order valence-corrected chi connectivity index (χ3v) is 4.84. The second-order valence-electron chi connectivity index (χ2n) is 6.70. The van der Waals surface area contributed by atoms with E-state index in [4.69, 9.17) is 19.9 Å². The van der Waals surface area contributed by atoms with Gasteiger partial charge in [-0.1, -0.05) is 0 Å². The van der Waals surface area contributed by atoms with Crippen molar-refractivity contribution in [3.63, 3.8) is 0 Å². The second kappa shape index (κ2) is 7.51. The number of hydrogen-bond donors (Lipinski definition) is 1. The lowest BCUT2D eigenvalue weighted by molar-refractivity contribution is -0.158. The molecule has 0 aromatic heterocycles. The molecule has 2 N–H and O–H groups in total. The van der Waals surface area contributed by atoms with Crippen LogP contribution in [0.2, 0.25) is 0 Å². The van der Waals surface area contributed by atoms with Gasteiger partial charge in [0.1, 0.15) is 18.8 Å². The Bertz CT molecular complexity index is 695. The van der Waals surface area contributed by atoms with Crippen LogP contribution in [-0.2, 0) is 9.53 Å². The van der Waals surface area contributed by atoms with E-state index >= 15 is 0 Å². The lowest BCUT2D eigenvalue weighted by atomic mass is 10.0. The van der Waals surface area contributed by atoms with Gasteiger partial charge in [-0.05, 0) is 24.6 Å². The van der Waals surface area contributed by atoms with Crippen LogP contribution >= 0.6 is 0 Å². The number of ether oxygens (including phenoxy) is 3. The first kappa shape index (κ1) is 18.5. The van der Waals surface area contributed by atoms with Crippen LogP contribution in [0.25, 0.3) is 0 Å². The van der Waals surface area contributed by atoms with E-state index in [1.807, 2.05) is 0 Å². The van der Waals surface area contributed by atoms with E-state index in [-0.39, 0.29) is 18.4 Å². The van der Waals surface area contributed by atoms with Crippen molar-refractivity contribution >= 4 is 11.8 Å². The van der Waals surface area contributed by atoms with Gasteiger partial charge < -0.3 is 29.7 Å². The summed E-state index contributed by atoms with van der Waals surface area (Å²) < 4.78 is 16.6. The topological polar surface area (TPSA) is 94.3 Å². The molecule has 2 fully saturated rings. The van der Waals surface area contributed by atoms with Crippen molar-refractivity contribution in [2.24, 2.45) is 5.73 Å². The van der Waals surface area contributed by atoms with E-state index in [0.29, 0.717) is 56.3 Å². The Kier molecular flexibility index (Phi) is 5.33. The standard InChI is InChI=1S/C18H25N3O5/c1-20-11-18(26-10-16(20)22)5-7-21(12-18)17(23)13-3-4-14(25-8-6-19)15(9-13)24-2/h3-4,9H,5-8,10-12,19H2,1-2H3/t18-/m1/s1. The molecule has 142 valence electrons. The molecule has 8 nitrogen and oxygen atoms in total. The summed E-state index contributed by atoms with van der Waals surface area (Å²) in [6.45, 7) is 2.41. The molecule has 0 unspecified atom stereocenters. The molecule has 2 aliphatic rings. The van der Waals surface area contributed by atoms with Gasteiger partial charge in [0, 0.05) is 25.7 Å². The maximum Gasteiger partial charge on any atom is 0.254 e. The van der Waals surface area contributed by atoms with Crippen molar-refractivity contribution < 1.29 is 23.8 Å². The van der Waals surface area contributed by atoms with Crippen molar-refractivity contribution in [3.05, 3.63) is 23.8 Å². The molecule has 2 amide bonds. The molecule has 2 heterocycles. The quantitative estimate of drug-likeness (QED) is 0.798. The first-order valence-electron chi connectivity index (χ1n) is 8.66. The first-order valence-corrected chi connectivity index (χ1v) is 8.66. The molecule has 1 aromatic carbocycles. The lowest BCUT2D eigenvalue weighted by Crippen LogP contribution is -2.54. The van der Waals surface area contributed by atoms with E-state index in [1.165, 1.54) is 7.11 Å². The molecule has 3 rings (SSSR count). The molecule has 8 heteroatoms. The zero-order chi connectivity index (χ0) is 18.7. The average molecular weight is 363 g/mol. The van der Waals surface area contributed by atoms with Gasteiger partial charge in [0.15, 0.2) is 11.5 Å². The van der Waals surface area contributed by atoms with E-state index in [0.717, 1.165) is 0 Å². The number of rotatable bonds is 5. The summed E-state index contributed by atoms with van der Waals surface area (Å²) >= 11 is 0. The molecule has 2 saturated heterocycles. The highest BCUT2D eigenvalue weighted by molar-refractivity contribution is 5.95. The predicted molar refractivity (Wildman–Crippen MR) is 94.4 cm³/mol. The van der Waals surface area contributed by atoms with E-state index in [1.54, 1.807) is 35.0 Å². The minimum absolute atomic E-state index is 0.0294. The van der Waals surface area contributed by atoms with Crippen LogP contribution in [0.4, 0.5) is 0 Å². The predicted octanol–water partition coefficient (Wildman–Crippen LogP) is 0.106. The van der Waals surface area contributed by atoms with E-state index < -0.39 is 5.60 Å². The first-order chi connectivity index (χ1) is 12.5. The normalized spacial score (nSPS) is 22.8. The molecule has 0 aliphatic carbocycles. The van der Waals surface area contributed by atoms with Gasteiger partial charge in [-0.25, -0.2) is 0 Å². The molecular formula is C18H25N3O5. The smallest absolute Gasteiger partial charge is 0.254 e. The maximum absolute atomic E-state index is 12.9. The average Bonchev–Trinajstić information content (AvgIpc) is 3.06. The van der Waals surface area contributed by atoms with E-state index in [2.05, 4.69) is 0 Å². The fourth-order valence-electron chi connectivity index (χ4n) is 3.43. The van der Waals surface area contributed by atoms with Crippen LogP contribution < -0.4 is 15.2 Å². The second-order valence-corrected chi connectivity index (χ2v) is 6.70. The largest absolute Gasteiger partial charge is 0.493 e. The fourth-order valence-corrected chi connectivity index (χ4v) is 3.43. The number of nitrogens with two attached hydrogens (primary N) is 1. The Morgan fingerprint density at radius 3 is 2.85 bits per heavy atom. The van der Waals surface area contributed by atoms with Crippen molar-refractivity contribution in [3.8, 4) is 11.5 Å². The van der Waals surface area contributed by atoms with Crippen LogP contribution in [0.3, 0.4) is 0 Å². The third kappa shape index (κ3) is 3.61. The van der Waals surface area contributed by atoms with Crippen LogP contribution in [0.1, 0.15) is 16.8 Å². The third-order valence-electron chi connectivity index (χ3n) is 4.84. The SMILES string of the molecule is COc1cc(C(=O)N2CC[C@@]3(CN(C)C(=O)CO3)C2)ccc1OCCN. The monoisotopic (exact) mass is 363 g/mol. The van der Waals surface area contributed by atoms with Gasteiger partial charge in [-0.3, -0.25) is 9.59 Å². The number of amides is 2. The fraction of sp³-hybridized carbons (Fsp3) is 0.556. The highest BCUT2D eigenvalue weighted by atomic mass is 16.5. The van der Waals surface area contributed by atoms with Crippen molar-refractivity contribution in [2.45, 2.75) is 12.0 Å².